The lowest BCUT2D eigenvalue weighted by Gasteiger charge is -2.38. The second-order valence-corrected chi connectivity index (χ2v) is 7.73. The van der Waals surface area contributed by atoms with E-state index in [-0.39, 0.29) is 5.91 Å². The Morgan fingerprint density at radius 3 is 2.64 bits per heavy atom. The third kappa shape index (κ3) is 5.74. The van der Waals surface area contributed by atoms with Crippen molar-refractivity contribution >= 4 is 11.6 Å². The standard InChI is InChI=1S/C21H33NO3/c1-5-13-25-21(12-6-7-17(4)14-21)20(23)22-18-8-10-19(11-9-18)24-15-16(2)3/h8-11,16-17H,5-7,12-15H2,1-4H3,(H,22,23)/t17-,21-/m1/s1. The molecule has 25 heavy (non-hydrogen) atoms. The molecule has 1 aromatic carbocycles. The van der Waals surface area contributed by atoms with Crippen molar-refractivity contribution in [2.45, 2.75) is 65.4 Å². The van der Waals surface area contributed by atoms with Crippen LogP contribution in [0.4, 0.5) is 5.69 Å². The van der Waals surface area contributed by atoms with Crippen molar-refractivity contribution in [3.05, 3.63) is 24.3 Å². The van der Waals surface area contributed by atoms with Gasteiger partial charge in [-0.25, -0.2) is 0 Å². The van der Waals surface area contributed by atoms with Gasteiger partial charge in [0.1, 0.15) is 11.4 Å². The first-order valence-corrected chi connectivity index (χ1v) is 9.63. The number of anilines is 1. The zero-order valence-corrected chi connectivity index (χ0v) is 16.1. The van der Waals surface area contributed by atoms with Crippen LogP contribution in [0.2, 0.25) is 0 Å². The van der Waals surface area contributed by atoms with Crippen LogP contribution in [0.15, 0.2) is 24.3 Å². The van der Waals surface area contributed by atoms with Crippen LogP contribution in [-0.2, 0) is 9.53 Å². The predicted octanol–water partition coefficient (Wildman–Crippen LogP) is 5.04. The summed E-state index contributed by atoms with van der Waals surface area (Å²) < 4.78 is 11.8. The molecule has 0 spiro atoms. The molecule has 0 aromatic heterocycles. The molecule has 1 fully saturated rings. The molecule has 4 heteroatoms. The van der Waals surface area contributed by atoms with Gasteiger partial charge in [-0.3, -0.25) is 4.79 Å². The fourth-order valence-electron chi connectivity index (χ4n) is 3.35. The Kier molecular flexibility index (Phi) is 7.30. The summed E-state index contributed by atoms with van der Waals surface area (Å²) in [7, 11) is 0. The Hall–Kier alpha value is -1.55. The lowest BCUT2D eigenvalue weighted by molar-refractivity contribution is -0.148. The quantitative estimate of drug-likeness (QED) is 0.717. The highest BCUT2D eigenvalue weighted by Gasteiger charge is 2.42. The van der Waals surface area contributed by atoms with E-state index in [4.69, 9.17) is 9.47 Å². The highest BCUT2D eigenvalue weighted by atomic mass is 16.5. The fourth-order valence-corrected chi connectivity index (χ4v) is 3.35. The number of carbonyl (C=O) groups excluding carboxylic acids is 1. The number of benzene rings is 1. The van der Waals surface area contributed by atoms with Crippen LogP contribution in [0.3, 0.4) is 0 Å². The average molecular weight is 347 g/mol. The number of ether oxygens (including phenoxy) is 2. The van der Waals surface area contributed by atoms with Gasteiger partial charge in [-0.2, -0.15) is 0 Å². The molecule has 4 nitrogen and oxygen atoms in total. The Balaban J connectivity index is 2.02. The molecule has 0 saturated heterocycles. The van der Waals surface area contributed by atoms with Crippen LogP contribution in [0.25, 0.3) is 0 Å². The second-order valence-electron chi connectivity index (χ2n) is 7.73. The summed E-state index contributed by atoms with van der Waals surface area (Å²) in [5.41, 5.74) is 0.111. The van der Waals surface area contributed by atoms with Crippen molar-refractivity contribution in [3.8, 4) is 5.75 Å². The van der Waals surface area contributed by atoms with Gasteiger partial charge in [-0.15, -0.1) is 0 Å². The van der Waals surface area contributed by atoms with Gasteiger partial charge in [-0.05, 0) is 61.8 Å². The van der Waals surface area contributed by atoms with E-state index >= 15 is 0 Å². The third-order valence-electron chi connectivity index (χ3n) is 4.65. The highest BCUT2D eigenvalue weighted by molar-refractivity contribution is 5.97. The number of carbonyl (C=O) groups is 1. The molecule has 0 bridgehead atoms. The molecule has 140 valence electrons. The minimum absolute atomic E-state index is 0.0108. The Morgan fingerprint density at radius 1 is 1.32 bits per heavy atom. The summed E-state index contributed by atoms with van der Waals surface area (Å²) >= 11 is 0. The smallest absolute Gasteiger partial charge is 0.256 e. The molecule has 2 atom stereocenters. The molecular weight excluding hydrogens is 314 g/mol. The van der Waals surface area contributed by atoms with E-state index in [1.807, 2.05) is 24.3 Å². The molecule has 0 aliphatic heterocycles. The lowest BCUT2D eigenvalue weighted by Crippen LogP contribution is -2.48. The van der Waals surface area contributed by atoms with Crippen molar-refractivity contribution in [3.63, 3.8) is 0 Å². The van der Waals surface area contributed by atoms with Crippen molar-refractivity contribution in [1.82, 2.24) is 0 Å². The van der Waals surface area contributed by atoms with Gasteiger partial charge in [-0.1, -0.05) is 34.1 Å². The monoisotopic (exact) mass is 347 g/mol. The van der Waals surface area contributed by atoms with Gasteiger partial charge in [0.05, 0.1) is 6.61 Å². The maximum absolute atomic E-state index is 13.0. The van der Waals surface area contributed by atoms with Crippen LogP contribution < -0.4 is 10.1 Å². The molecule has 1 saturated carbocycles. The zero-order chi connectivity index (χ0) is 18.3. The van der Waals surface area contributed by atoms with Crippen LogP contribution in [0.1, 0.15) is 59.8 Å². The summed E-state index contributed by atoms with van der Waals surface area (Å²) in [6, 6.07) is 7.60. The van der Waals surface area contributed by atoms with Crippen molar-refractivity contribution in [1.29, 1.82) is 0 Å². The van der Waals surface area contributed by atoms with Gasteiger partial charge in [0, 0.05) is 12.3 Å². The van der Waals surface area contributed by atoms with Gasteiger partial charge < -0.3 is 14.8 Å². The molecule has 1 aromatic rings. The molecule has 2 rings (SSSR count). The maximum atomic E-state index is 13.0. The molecule has 1 amide bonds. The van der Waals surface area contributed by atoms with Gasteiger partial charge in [0.25, 0.3) is 5.91 Å². The lowest BCUT2D eigenvalue weighted by atomic mass is 9.78. The first kappa shape index (κ1) is 19.8. The van der Waals surface area contributed by atoms with Gasteiger partial charge in [0.2, 0.25) is 0 Å². The molecule has 0 heterocycles. The molecule has 0 unspecified atom stereocenters. The summed E-state index contributed by atoms with van der Waals surface area (Å²) in [4.78, 5) is 13.0. The first-order chi connectivity index (χ1) is 11.9. The van der Waals surface area contributed by atoms with Gasteiger partial charge in [0.15, 0.2) is 0 Å². The van der Waals surface area contributed by atoms with E-state index < -0.39 is 5.60 Å². The van der Waals surface area contributed by atoms with Gasteiger partial charge >= 0.3 is 0 Å². The summed E-state index contributed by atoms with van der Waals surface area (Å²) in [5, 5.41) is 3.05. The SMILES string of the molecule is CCCO[C@]1(C(=O)Nc2ccc(OCC(C)C)cc2)CCC[C@@H](C)C1. The Labute approximate surface area is 152 Å². The van der Waals surface area contributed by atoms with Crippen molar-refractivity contribution in [2.24, 2.45) is 11.8 Å². The minimum Gasteiger partial charge on any atom is -0.493 e. The summed E-state index contributed by atoms with van der Waals surface area (Å²) in [6.07, 6.45) is 4.74. The van der Waals surface area contributed by atoms with E-state index in [1.54, 1.807) is 0 Å². The van der Waals surface area contributed by atoms with Crippen LogP contribution in [0.5, 0.6) is 5.75 Å². The molecule has 1 N–H and O–H groups in total. The van der Waals surface area contributed by atoms with Crippen molar-refractivity contribution in [2.75, 3.05) is 18.5 Å². The number of rotatable bonds is 8. The van der Waals surface area contributed by atoms with E-state index in [9.17, 15) is 4.79 Å². The van der Waals surface area contributed by atoms with E-state index in [1.165, 1.54) is 6.42 Å². The predicted molar refractivity (Wildman–Crippen MR) is 102 cm³/mol. The number of amides is 1. The minimum atomic E-state index is -0.680. The largest absolute Gasteiger partial charge is 0.493 e. The Bertz CT molecular complexity index is 541. The first-order valence-electron chi connectivity index (χ1n) is 9.63. The molecule has 1 aliphatic carbocycles. The summed E-state index contributed by atoms with van der Waals surface area (Å²) in [5.74, 6) is 1.82. The van der Waals surface area contributed by atoms with E-state index in [2.05, 4.69) is 33.0 Å². The van der Waals surface area contributed by atoms with Crippen LogP contribution >= 0.6 is 0 Å². The zero-order valence-electron chi connectivity index (χ0n) is 16.1. The number of nitrogens with one attached hydrogen (secondary N) is 1. The topological polar surface area (TPSA) is 47.6 Å². The van der Waals surface area contributed by atoms with Crippen LogP contribution in [-0.4, -0.2) is 24.7 Å². The molecule has 0 radical (unpaired) electrons. The Morgan fingerprint density at radius 2 is 2.04 bits per heavy atom. The fraction of sp³-hybridized carbons (Fsp3) is 0.667. The van der Waals surface area contributed by atoms with Crippen LogP contribution in [0, 0.1) is 11.8 Å². The third-order valence-corrected chi connectivity index (χ3v) is 4.65. The average Bonchev–Trinajstić information content (AvgIpc) is 2.59. The second kappa shape index (κ2) is 9.23. The van der Waals surface area contributed by atoms with E-state index in [0.717, 1.165) is 37.1 Å². The number of hydrogen-bond acceptors (Lipinski definition) is 3. The van der Waals surface area contributed by atoms with Crippen molar-refractivity contribution < 1.29 is 14.3 Å². The number of hydrogen-bond donors (Lipinski definition) is 1. The molecular formula is C21H33NO3. The highest BCUT2D eigenvalue weighted by Crippen LogP contribution is 2.36. The summed E-state index contributed by atoms with van der Waals surface area (Å²) in [6.45, 7) is 9.84. The normalized spacial score (nSPS) is 23.5. The van der Waals surface area contributed by atoms with E-state index in [0.29, 0.717) is 25.0 Å². The molecule has 1 aliphatic rings. The maximum Gasteiger partial charge on any atom is 0.256 e.